The van der Waals surface area contributed by atoms with Crippen LogP contribution in [0.5, 0.6) is 5.75 Å². The highest BCUT2D eigenvalue weighted by atomic mass is 16.5. The number of carbonyl (C=O) groups is 1. The number of benzene rings is 2. The molecule has 0 saturated heterocycles. The smallest absolute Gasteiger partial charge is 0.261 e. The number of rotatable bonds is 8. The van der Waals surface area contributed by atoms with Crippen molar-refractivity contribution >= 4 is 5.91 Å². The van der Waals surface area contributed by atoms with E-state index in [1.165, 1.54) is 36.1 Å². The second-order valence-electron chi connectivity index (χ2n) is 8.47. The number of nitrogens with zero attached hydrogens (tertiary/aromatic N) is 2. The Kier molecular flexibility index (Phi) is 7.08. The number of carbonyl (C=O) groups excluding carboxylic acids is 1. The third-order valence-electron chi connectivity index (χ3n) is 6.30. The monoisotopic (exact) mass is 416 g/mol. The number of para-hydroxylation sites is 1. The number of hydrogen-bond acceptors (Lipinski definition) is 2. The van der Waals surface area contributed by atoms with Gasteiger partial charge in [-0.15, -0.1) is 0 Å². The van der Waals surface area contributed by atoms with E-state index in [-0.39, 0.29) is 12.5 Å². The molecule has 0 N–H and O–H groups in total. The van der Waals surface area contributed by atoms with Crippen molar-refractivity contribution in [1.29, 1.82) is 0 Å². The molecule has 0 bridgehead atoms. The average Bonchev–Trinajstić information content (AvgIpc) is 3.25. The summed E-state index contributed by atoms with van der Waals surface area (Å²) in [5.41, 5.74) is 3.77. The van der Waals surface area contributed by atoms with Gasteiger partial charge in [0.25, 0.3) is 5.91 Å². The van der Waals surface area contributed by atoms with Crippen LogP contribution in [-0.2, 0) is 17.9 Å². The normalized spacial score (nSPS) is 14.4. The molecule has 162 valence electrons. The molecule has 1 fully saturated rings. The van der Waals surface area contributed by atoms with E-state index in [1.54, 1.807) is 0 Å². The first kappa shape index (κ1) is 21.2. The molecule has 0 atom stereocenters. The van der Waals surface area contributed by atoms with Gasteiger partial charge in [0.15, 0.2) is 6.61 Å². The lowest BCUT2D eigenvalue weighted by molar-refractivity contribution is -0.137. The summed E-state index contributed by atoms with van der Waals surface area (Å²) in [6, 6.07) is 22.6. The van der Waals surface area contributed by atoms with Crippen LogP contribution in [0.3, 0.4) is 0 Å². The van der Waals surface area contributed by atoms with Crippen LogP contribution in [0.25, 0.3) is 0 Å². The maximum Gasteiger partial charge on any atom is 0.261 e. The Morgan fingerprint density at radius 3 is 2.48 bits per heavy atom. The van der Waals surface area contributed by atoms with Crippen LogP contribution in [0.1, 0.15) is 48.9 Å². The average molecular weight is 417 g/mol. The maximum absolute atomic E-state index is 13.3. The summed E-state index contributed by atoms with van der Waals surface area (Å²) in [5.74, 6) is 0.807. The van der Waals surface area contributed by atoms with Crippen molar-refractivity contribution in [2.24, 2.45) is 0 Å². The van der Waals surface area contributed by atoms with Crippen LogP contribution < -0.4 is 4.74 Å². The third kappa shape index (κ3) is 5.57. The summed E-state index contributed by atoms with van der Waals surface area (Å²) in [6.45, 7) is 3.68. The van der Waals surface area contributed by atoms with Gasteiger partial charge in [-0.2, -0.15) is 0 Å². The van der Waals surface area contributed by atoms with Crippen molar-refractivity contribution < 1.29 is 9.53 Å². The van der Waals surface area contributed by atoms with Crippen LogP contribution in [0.4, 0.5) is 0 Å². The summed E-state index contributed by atoms with van der Waals surface area (Å²) >= 11 is 0. The first-order valence-corrected chi connectivity index (χ1v) is 11.4. The van der Waals surface area contributed by atoms with Gasteiger partial charge < -0.3 is 14.2 Å². The zero-order valence-corrected chi connectivity index (χ0v) is 18.4. The minimum atomic E-state index is 0.0689. The van der Waals surface area contributed by atoms with Crippen molar-refractivity contribution in [3.63, 3.8) is 0 Å². The maximum atomic E-state index is 13.3. The fourth-order valence-electron chi connectivity index (χ4n) is 4.45. The van der Waals surface area contributed by atoms with Crippen LogP contribution in [0.2, 0.25) is 0 Å². The van der Waals surface area contributed by atoms with Crippen LogP contribution in [0.15, 0.2) is 72.9 Å². The number of aryl methyl sites for hydroxylation is 1. The van der Waals surface area contributed by atoms with Gasteiger partial charge in [0.1, 0.15) is 5.75 Å². The second-order valence-corrected chi connectivity index (χ2v) is 8.47. The summed E-state index contributed by atoms with van der Waals surface area (Å²) in [5, 5.41) is 0. The molecule has 2 aromatic carbocycles. The zero-order chi connectivity index (χ0) is 21.5. The van der Waals surface area contributed by atoms with E-state index in [4.69, 9.17) is 4.74 Å². The van der Waals surface area contributed by atoms with Gasteiger partial charge in [-0.05, 0) is 55.2 Å². The lowest BCUT2D eigenvalue weighted by atomic mass is 9.94. The van der Waals surface area contributed by atoms with Crippen molar-refractivity contribution in [1.82, 2.24) is 9.47 Å². The van der Waals surface area contributed by atoms with Gasteiger partial charge in [0, 0.05) is 24.5 Å². The Morgan fingerprint density at radius 1 is 0.968 bits per heavy atom. The molecule has 3 aromatic rings. The Balaban J connectivity index is 1.49. The van der Waals surface area contributed by atoms with Gasteiger partial charge in [-0.1, -0.05) is 61.7 Å². The summed E-state index contributed by atoms with van der Waals surface area (Å²) in [6.07, 6.45) is 7.93. The molecule has 0 unspecified atom stereocenters. The zero-order valence-electron chi connectivity index (χ0n) is 18.4. The van der Waals surface area contributed by atoms with E-state index in [9.17, 15) is 4.79 Å². The summed E-state index contributed by atoms with van der Waals surface area (Å²) in [4.78, 5) is 15.3. The number of aromatic nitrogens is 1. The highest BCUT2D eigenvalue weighted by Crippen LogP contribution is 2.25. The molecule has 0 aliphatic heterocycles. The Hall–Kier alpha value is -3.01. The predicted molar refractivity (Wildman–Crippen MR) is 124 cm³/mol. The van der Waals surface area contributed by atoms with Crippen molar-refractivity contribution in [3.8, 4) is 5.75 Å². The Morgan fingerprint density at radius 2 is 1.71 bits per heavy atom. The van der Waals surface area contributed by atoms with Crippen molar-refractivity contribution in [3.05, 3.63) is 89.7 Å². The van der Waals surface area contributed by atoms with E-state index < -0.39 is 0 Å². The fourth-order valence-corrected chi connectivity index (χ4v) is 4.45. The molecule has 4 heteroatoms. The minimum absolute atomic E-state index is 0.0689. The van der Waals surface area contributed by atoms with E-state index >= 15 is 0 Å². The topological polar surface area (TPSA) is 34.5 Å². The standard InChI is InChI=1S/C27H32N2O2/c1-22-11-8-9-12-23(22)19-28-18-10-15-25(28)20-29(24-13-4-2-5-14-24)27(30)21-31-26-16-6-3-7-17-26/h3,6-12,15-18,24H,2,4-5,13-14,19-21H2,1H3. The van der Waals surface area contributed by atoms with Gasteiger partial charge >= 0.3 is 0 Å². The fraction of sp³-hybridized carbons (Fsp3) is 0.370. The summed E-state index contributed by atoms with van der Waals surface area (Å²) < 4.78 is 8.07. The first-order chi connectivity index (χ1) is 15.2. The SMILES string of the molecule is Cc1ccccc1Cn1cccc1CN(C(=O)COc1ccccc1)C1CCCCC1. The molecule has 1 saturated carbocycles. The Labute approximate surface area is 185 Å². The Bertz CT molecular complexity index is 974. The van der Waals surface area contributed by atoms with Crippen molar-refractivity contribution in [2.45, 2.75) is 58.2 Å². The van der Waals surface area contributed by atoms with E-state index in [2.05, 4.69) is 59.0 Å². The molecule has 1 aliphatic carbocycles. The molecule has 0 spiro atoms. The molecular formula is C27H32N2O2. The van der Waals surface area contributed by atoms with Crippen LogP contribution >= 0.6 is 0 Å². The van der Waals surface area contributed by atoms with Crippen LogP contribution in [-0.4, -0.2) is 28.0 Å². The molecule has 4 nitrogen and oxygen atoms in total. The molecule has 1 aromatic heterocycles. The molecule has 0 radical (unpaired) electrons. The largest absolute Gasteiger partial charge is 0.484 e. The predicted octanol–water partition coefficient (Wildman–Crippen LogP) is 5.59. The van der Waals surface area contributed by atoms with Gasteiger partial charge in [-0.25, -0.2) is 0 Å². The van der Waals surface area contributed by atoms with Gasteiger partial charge in [0.05, 0.1) is 6.54 Å². The van der Waals surface area contributed by atoms with E-state index in [0.717, 1.165) is 25.1 Å². The van der Waals surface area contributed by atoms with Crippen molar-refractivity contribution in [2.75, 3.05) is 6.61 Å². The molecule has 1 heterocycles. The highest BCUT2D eigenvalue weighted by molar-refractivity contribution is 5.78. The second kappa shape index (κ2) is 10.3. The summed E-state index contributed by atoms with van der Waals surface area (Å²) in [7, 11) is 0. The molecular weight excluding hydrogens is 384 g/mol. The number of ether oxygens (including phenoxy) is 1. The quantitative estimate of drug-likeness (QED) is 0.480. The number of hydrogen-bond donors (Lipinski definition) is 0. The van der Waals surface area contributed by atoms with Gasteiger partial charge in [-0.3, -0.25) is 4.79 Å². The van der Waals surface area contributed by atoms with E-state index in [1.807, 2.05) is 30.3 Å². The number of amides is 1. The first-order valence-electron chi connectivity index (χ1n) is 11.4. The van der Waals surface area contributed by atoms with E-state index in [0.29, 0.717) is 12.6 Å². The molecule has 4 rings (SSSR count). The highest BCUT2D eigenvalue weighted by Gasteiger charge is 2.26. The molecule has 1 amide bonds. The lowest BCUT2D eigenvalue weighted by Gasteiger charge is -2.34. The van der Waals surface area contributed by atoms with Gasteiger partial charge in [0.2, 0.25) is 0 Å². The van der Waals surface area contributed by atoms with Crippen LogP contribution in [0, 0.1) is 6.92 Å². The third-order valence-corrected chi connectivity index (χ3v) is 6.30. The molecule has 1 aliphatic rings. The lowest BCUT2D eigenvalue weighted by Crippen LogP contribution is -2.43. The molecule has 31 heavy (non-hydrogen) atoms. The minimum Gasteiger partial charge on any atom is -0.484 e.